The van der Waals surface area contributed by atoms with Crippen LogP contribution in [-0.2, 0) is 16.2 Å². The summed E-state index contributed by atoms with van der Waals surface area (Å²) in [7, 11) is 0. The van der Waals surface area contributed by atoms with Gasteiger partial charge in [0.2, 0.25) is 0 Å². The lowest BCUT2D eigenvalue weighted by atomic mass is 9.89. The number of hydrogen-bond acceptors (Lipinski definition) is 4. The topological polar surface area (TPSA) is 51.1 Å². The van der Waals surface area contributed by atoms with Crippen LogP contribution in [0.25, 0.3) is 0 Å². The van der Waals surface area contributed by atoms with Gasteiger partial charge in [-0.25, -0.2) is 4.79 Å². The molecule has 112 valence electrons. The maximum absolute atomic E-state index is 12.1. The van der Waals surface area contributed by atoms with Crippen LogP contribution >= 0.6 is 15.9 Å². The van der Waals surface area contributed by atoms with Crippen LogP contribution in [0.3, 0.4) is 0 Å². The van der Waals surface area contributed by atoms with Crippen LogP contribution in [0.4, 0.5) is 4.79 Å². The molecule has 2 aliphatic heterocycles. The molecule has 0 atom stereocenters. The molecular weight excluding hydrogens is 336 g/mol. The Labute approximate surface area is 132 Å². The molecule has 1 amide bonds. The molecule has 0 unspecified atom stereocenters. The molecule has 0 radical (unpaired) electrons. The second-order valence-electron chi connectivity index (χ2n) is 5.45. The number of carbonyl (C=O) groups excluding carboxylic acids is 1. The number of likely N-dealkylation sites (tertiary alicyclic amines) is 1. The van der Waals surface area contributed by atoms with Crippen LogP contribution in [0.15, 0.2) is 35.5 Å². The van der Waals surface area contributed by atoms with Gasteiger partial charge >= 0.3 is 6.09 Å². The van der Waals surface area contributed by atoms with Gasteiger partial charge in [-0.15, -0.1) is 0 Å². The Hall–Kier alpha value is -1.56. The van der Waals surface area contributed by atoms with Gasteiger partial charge in [-0.3, -0.25) is 0 Å². The average Bonchev–Trinajstić information content (AvgIpc) is 2.87. The highest BCUT2D eigenvalue weighted by Crippen LogP contribution is 2.35. The first-order valence-electron chi connectivity index (χ1n) is 7.03. The van der Waals surface area contributed by atoms with Gasteiger partial charge in [-0.05, 0) is 21.5 Å². The van der Waals surface area contributed by atoms with Gasteiger partial charge in [0.05, 0.1) is 0 Å². The minimum atomic E-state index is -0.258. The van der Waals surface area contributed by atoms with E-state index in [0.717, 1.165) is 29.4 Å². The van der Waals surface area contributed by atoms with Crippen molar-refractivity contribution in [3.8, 4) is 0 Å². The quantitative estimate of drug-likeness (QED) is 0.820. The van der Waals surface area contributed by atoms with Crippen molar-refractivity contribution in [3.05, 3.63) is 35.9 Å². The number of oxime groups is 1. The molecule has 3 rings (SSSR count). The molecule has 2 heterocycles. The normalized spacial score (nSPS) is 20.0. The van der Waals surface area contributed by atoms with E-state index in [1.165, 1.54) is 0 Å². The van der Waals surface area contributed by atoms with Gasteiger partial charge in [0.25, 0.3) is 0 Å². The number of piperidine rings is 1. The van der Waals surface area contributed by atoms with Crippen LogP contribution in [-0.4, -0.2) is 34.3 Å². The number of ether oxygens (including phenoxy) is 1. The Morgan fingerprint density at radius 2 is 2.05 bits per heavy atom. The molecule has 6 heteroatoms. The summed E-state index contributed by atoms with van der Waals surface area (Å²) >= 11 is 3.36. The Morgan fingerprint density at radius 1 is 1.33 bits per heavy atom. The van der Waals surface area contributed by atoms with Crippen molar-refractivity contribution in [2.45, 2.75) is 31.5 Å². The highest BCUT2D eigenvalue weighted by molar-refractivity contribution is 9.18. The molecule has 1 saturated heterocycles. The molecule has 21 heavy (non-hydrogen) atoms. The molecule has 5 nitrogen and oxygen atoms in total. The van der Waals surface area contributed by atoms with Crippen molar-refractivity contribution >= 4 is 26.6 Å². The lowest BCUT2D eigenvalue weighted by Gasteiger charge is -2.36. The van der Waals surface area contributed by atoms with E-state index in [2.05, 4.69) is 21.1 Å². The predicted octanol–water partition coefficient (Wildman–Crippen LogP) is 3.29. The van der Waals surface area contributed by atoms with E-state index in [-0.39, 0.29) is 11.7 Å². The number of benzene rings is 1. The van der Waals surface area contributed by atoms with E-state index in [1.807, 2.05) is 30.3 Å². The zero-order chi connectivity index (χ0) is 14.7. The third kappa shape index (κ3) is 3.37. The van der Waals surface area contributed by atoms with Crippen molar-refractivity contribution in [2.75, 3.05) is 13.1 Å². The molecule has 1 aromatic rings. The van der Waals surface area contributed by atoms with E-state index in [4.69, 9.17) is 9.57 Å². The van der Waals surface area contributed by atoms with Gasteiger partial charge in [0.15, 0.2) is 0 Å². The van der Waals surface area contributed by atoms with E-state index in [1.54, 1.807) is 4.90 Å². The largest absolute Gasteiger partial charge is 0.445 e. The van der Waals surface area contributed by atoms with E-state index >= 15 is 0 Å². The van der Waals surface area contributed by atoms with Gasteiger partial charge in [-0.2, -0.15) is 0 Å². The van der Waals surface area contributed by atoms with E-state index in [0.29, 0.717) is 19.7 Å². The molecular formula is C15H17BrN2O3. The molecule has 1 fully saturated rings. The summed E-state index contributed by atoms with van der Waals surface area (Å²) in [5, 5.41) is 3.96. The summed E-state index contributed by atoms with van der Waals surface area (Å²) < 4.78 is 6.20. The van der Waals surface area contributed by atoms with Crippen molar-refractivity contribution < 1.29 is 14.4 Å². The molecule has 0 saturated carbocycles. The molecule has 0 aliphatic carbocycles. The summed E-state index contributed by atoms with van der Waals surface area (Å²) in [6, 6.07) is 9.70. The lowest BCUT2D eigenvalue weighted by Crippen LogP contribution is -2.46. The van der Waals surface area contributed by atoms with Crippen LogP contribution in [0, 0.1) is 0 Å². The van der Waals surface area contributed by atoms with E-state index < -0.39 is 0 Å². The van der Waals surface area contributed by atoms with Crippen molar-refractivity contribution in [3.63, 3.8) is 0 Å². The third-order valence-corrected chi connectivity index (χ3v) is 4.37. The van der Waals surface area contributed by atoms with Crippen molar-refractivity contribution in [2.24, 2.45) is 5.16 Å². The first-order chi connectivity index (χ1) is 10.2. The van der Waals surface area contributed by atoms with Crippen molar-refractivity contribution in [1.82, 2.24) is 4.90 Å². The average molecular weight is 353 g/mol. The Bertz CT molecular complexity index is 539. The SMILES string of the molecule is O=C(OCc1ccccc1)N1CCC2(CC1)CC(Br)=NO2. The van der Waals surface area contributed by atoms with Gasteiger partial charge in [0.1, 0.15) is 16.8 Å². The number of carbonyl (C=O) groups is 1. The number of rotatable bonds is 2. The highest BCUT2D eigenvalue weighted by atomic mass is 79.9. The van der Waals surface area contributed by atoms with Crippen LogP contribution < -0.4 is 0 Å². The molecule has 0 N–H and O–H groups in total. The number of hydrogen-bond donors (Lipinski definition) is 0. The summed E-state index contributed by atoms with van der Waals surface area (Å²) in [5.41, 5.74) is 0.769. The molecule has 0 bridgehead atoms. The molecule has 1 spiro atoms. The zero-order valence-electron chi connectivity index (χ0n) is 11.6. The second kappa shape index (κ2) is 6.05. The molecule has 0 aromatic heterocycles. The standard InChI is InChI=1S/C15H17BrN2O3/c16-13-10-15(21-17-13)6-8-18(9-7-15)14(19)20-11-12-4-2-1-3-5-12/h1-5H,6-11H2. The maximum Gasteiger partial charge on any atom is 0.410 e. The minimum Gasteiger partial charge on any atom is -0.445 e. The molecule has 2 aliphatic rings. The Morgan fingerprint density at radius 3 is 2.67 bits per heavy atom. The van der Waals surface area contributed by atoms with Crippen LogP contribution in [0.5, 0.6) is 0 Å². The van der Waals surface area contributed by atoms with Crippen LogP contribution in [0.2, 0.25) is 0 Å². The summed E-state index contributed by atoms with van der Waals surface area (Å²) in [5.74, 6) is 0. The van der Waals surface area contributed by atoms with Crippen molar-refractivity contribution in [1.29, 1.82) is 0 Å². The lowest BCUT2D eigenvalue weighted by molar-refractivity contribution is -0.0596. The smallest absolute Gasteiger partial charge is 0.410 e. The Kier molecular flexibility index (Phi) is 4.14. The highest BCUT2D eigenvalue weighted by Gasteiger charge is 2.42. The van der Waals surface area contributed by atoms with Gasteiger partial charge < -0.3 is 14.5 Å². The first-order valence-corrected chi connectivity index (χ1v) is 7.82. The minimum absolute atomic E-state index is 0.227. The predicted molar refractivity (Wildman–Crippen MR) is 82.2 cm³/mol. The molecule has 1 aromatic carbocycles. The fourth-order valence-corrected chi connectivity index (χ4v) is 3.24. The monoisotopic (exact) mass is 352 g/mol. The number of amides is 1. The summed E-state index contributed by atoms with van der Waals surface area (Å²) in [6.07, 6.45) is 2.10. The number of nitrogens with zero attached hydrogens (tertiary/aromatic N) is 2. The van der Waals surface area contributed by atoms with Crippen LogP contribution in [0.1, 0.15) is 24.8 Å². The zero-order valence-corrected chi connectivity index (χ0v) is 13.2. The van der Waals surface area contributed by atoms with Gasteiger partial charge in [0, 0.05) is 32.4 Å². The summed E-state index contributed by atoms with van der Waals surface area (Å²) in [4.78, 5) is 19.3. The first kappa shape index (κ1) is 14.4. The third-order valence-electron chi connectivity index (χ3n) is 3.94. The Balaban J connectivity index is 1.47. The summed E-state index contributed by atoms with van der Waals surface area (Å²) in [6.45, 7) is 1.60. The fraction of sp³-hybridized carbons (Fsp3) is 0.467. The maximum atomic E-state index is 12.1. The fourth-order valence-electron chi connectivity index (χ4n) is 2.65. The van der Waals surface area contributed by atoms with E-state index in [9.17, 15) is 4.79 Å². The second-order valence-corrected chi connectivity index (χ2v) is 6.36. The van der Waals surface area contributed by atoms with Gasteiger partial charge in [-0.1, -0.05) is 35.5 Å². The number of halogens is 1.